The molecule has 0 heterocycles. The lowest BCUT2D eigenvalue weighted by Gasteiger charge is -2.13. The Morgan fingerprint density at radius 2 is 1.79 bits per heavy atom. The Labute approximate surface area is 115 Å². The van der Waals surface area contributed by atoms with Gasteiger partial charge >= 0.3 is 0 Å². The minimum Gasteiger partial charge on any atom is -0.497 e. The average molecular weight is 255 g/mol. The first-order chi connectivity index (χ1) is 9.15. The zero-order chi connectivity index (χ0) is 13.8. The lowest BCUT2D eigenvalue weighted by atomic mass is 9.96. The second kappa shape index (κ2) is 5.89. The normalized spacial score (nSPS) is 10.5. The first-order valence-corrected chi connectivity index (χ1v) is 6.55. The summed E-state index contributed by atoms with van der Waals surface area (Å²) in [5.41, 5.74) is 6.43. The summed E-state index contributed by atoms with van der Waals surface area (Å²) in [6.07, 6.45) is 0. The molecular weight excluding hydrogens is 234 g/mol. The predicted molar refractivity (Wildman–Crippen MR) is 80.7 cm³/mol. The van der Waals surface area contributed by atoms with Crippen molar-refractivity contribution in [1.29, 1.82) is 0 Å². The first-order valence-electron chi connectivity index (χ1n) is 6.55. The van der Waals surface area contributed by atoms with E-state index in [-0.39, 0.29) is 0 Å². The van der Waals surface area contributed by atoms with E-state index in [9.17, 15) is 0 Å². The Hall–Kier alpha value is -1.80. The van der Waals surface area contributed by atoms with Crippen LogP contribution < -0.4 is 10.1 Å². The highest BCUT2D eigenvalue weighted by Gasteiger charge is 2.07. The molecule has 2 nitrogen and oxygen atoms in total. The molecule has 2 aromatic carbocycles. The van der Waals surface area contributed by atoms with E-state index in [1.165, 1.54) is 27.8 Å². The lowest BCUT2D eigenvalue weighted by molar-refractivity contribution is 0.414. The molecule has 2 rings (SSSR count). The second-order valence-electron chi connectivity index (χ2n) is 4.85. The van der Waals surface area contributed by atoms with Gasteiger partial charge in [-0.15, -0.1) is 0 Å². The van der Waals surface area contributed by atoms with Gasteiger partial charge in [-0.3, -0.25) is 0 Å². The maximum absolute atomic E-state index is 5.31. The summed E-state index contributed by atoms with van der Waals surface area (Å²) < 4.78 is 5.31. The van der Waals surface area contributed by atoms with Crippen molar-refractivity contribution in [3.8, 4) is 16.9 Å². The molecule has 0 atom stereocenters. The molecular formula is C17H21NO. The number of nitrogens with one attached hydrogen (secondary N) is 1. The van der Waals surface area contributed by atoms with E-state index in [0.717, 1.165) is 12.3 Å². The van der Waals surface area contributed by atoms with Crippen LogP contribution in [0.25, 0.3) is 11.1 Å². The first kappa shape index (κ1) is 13.6. The van der Waals surface area contributed by atoms with Crippen molar-refractivity contribution in [3.63, 3.8) is 0 Å². The van der Waals surface area contributed by atoms with Crippen LogP contribution in [0.3, 0.4) is 0 Å². The van der Waals surface area contributed by atoms with E-state index < -0.39 is 0 Å². The molecule has 1 N–H and O–H groups in total. The van der Waals surface area contributed by atoms with Gasteiger partial charge in [0, 0.05) is 6.54 Å². The Morgan fingerprint density at radius 3 is 2.42 bits per heavy atom. The molecule has 0 saturated heterocycles. The van der Waals surface area contributed by atoms with E-state index in [4.69, 9.17) is 4.74 Å². The summed E-state index contributed by atoms with van der Waals surface area (Å²) in [6.45, 7) is 5.13. The summed E-state index contributed by atoms with van der Waals surface area (Å²) in [7, 11) is 3.66. The van der Waals surface area contributed by atoms with Crippen LogP contribution in [0.2, 0.25) is 0 Å². The van der Waals surface area contributed by atoms with Crippen LogP contribution in [0.4, 0.5) is 0 Å². The Balaban J connectivity index is 2.50. The van der Waals surface area contributed by atoms with Gasteiger partial charge in [0.2, 0.25) is 0 Å². The van der Waals surface area contributed by atoms with Gasteiger partial charge in [-0.05, 0) is 60.8 Å². The largest absolute Gasteiger partial charge is 0.497 e. The van der Waals surface area contributed by atoms with Crippen LogP contribution in [0.5, 0.6) is 5.75 Å². The van der Waals surface area contributed by atoms with E-state index in [2.05, 4.69) is 49.5 Å². The smallest absolute Gasteiger partial charge is 0.119 e. The van der Waals surface area contributed by atoms with Gasteiger partial charge in [-0.25, -0.2) is 0 Å². The fourth-order valence-electron chi connectivity index (χ4n) is 2.22. The Kier molecular flexibility index (Phi) is 4.23. The van der Waals surface area contributed by atoms with Crippen LogP contribution >= 0.6 is 0 Å². The van der Waals surface area contributed by atoms with E-state index in [1.54, 1.807) is 7.11 Å². The molecule has 0 amide bonds. The number of methoxy groups -OCH3 is 1. The average Bonchev–Trinajstić information content (AvgIpc) is 2.42. The van der Waals surface area contributed by atoms with Gasteiger partial charge in [-0.1, -0.05) is 24.3 Å². The molecule has 19 heavy (non-hydrogen) atoms. The number of benzene rings is 2. The monoisotopic (exact) mass is 255 g/mol. The SMILES string of the molecule is CNCc1cc(OC)ccc1-c1ccc(C)c(C)c1. The molecule has 100 valence electrons. The van der Waals surface area contributed by atoms with Crippen LogP contribution in [0.15, 0.2) is 36.4 Å². The van der Waals surface area contributed by atoms with Gasteiger partial charge in [0.05, 0.1) is 7.11 Å². The topological polar surface area (TPSA) is 21.3 Å². The number of rotatable bonds is 4. The minimum absolute atomic E-state index is 0.833. The summed E-state index contributed by atoms with van der Waals surface area (Å²) >= 11 is 0. The third-order valence-corrected chi connectivity index (χ3v) is 3.50. The minimum atomic E-state index is 0.833. The molecule has 2 heteroatoms. The molecule has 0 fully saturated rings. The van der Waals surface area contributed by atoms with Crippen LogP contribution in [-0.2, 0) is 6.54 Å². The summed E-state index contributed by atoms with van der Waals surface area (Å²) in [6, 6.07) is 12.9. The van der Waals surface area contributed by atoms with Crippen molar-refractivity contribution in [2.75, 3.05) is 14.2 Å². The zero-order valence-corrected chi connectivity index (χ0v) is 12.1. The van der Waals surface area contributed by atoms with Crippen molar-refractivity contribution in [2.24, 2.45) is 0 Å². The van der Waals surface area contributed by atoms with Crippen molar-refractivity contribution in [3.05, 3.63) is 53.1 Å². The third kappa shape index (κ3) is 2.96. The van der Waals surface area contributed by atoms with E-state index >= 15 is 0 Å². The molecule has 0 aliphatic rings. The fraction of sp³-hybridized carbons (Fsp3) is 0.294. The van der Waals surface area contributed by atoms with Crippen molar-refractivity contribution in [1.82, 2.24) is 5.32 Å². The van der Waals surface area contributed by atoms with Gasteiger partial charge < -0.3 is 10.1 Å². The Morgan fingerprint density at radius 1 is 1.00 bits per heavy atom. The van der Waals surface area contributed by atoms with Gasteiger partial charge in [0.15, 0.2) is 0 Å². The highest BCUT2D eigenvalue weighted by molar-refractivity contribution is 5.69. The molecule has 0 radical (unpaired) electrons. The fourth-order valence-corrected chi connectivity index (χ4v) is 2.22. The zero-order valence-electron chi connectivity index (χ0n) is 12.1. The molecule has 0 spiro atoms. The van der Waals surface area contributed by atoms with E-state index in [1.807, 2.05) is 13.1 Å². The Bertz CT molecular complexity index is 575. The number of hydrogen-bond acceptors (Lipinski definition) is 2. The van der Waals surface area contributed by atoms with Gasteiger partial charge in [0.1, 0.15) is 5.75 Å². The maximum atomic E-state index is 5.31. The van der Waals surface area contributed by atoms with Crippen LogP contribution in [0.1, 0.15) is 16.7 Å². The molecule has 0 aliphatic carbocycles. The summed E-state index contributed by atoms with van der Waals surface area (Å²) in [4.78, 5) is 0. The molecule has 0 saturated carbocycles. The summed E-state index contributed by atoms with van der Waals surface area (Å²) in [5, 5.41) is 3.22. The van der Waals surface area contributed by atoms with Gasteiger partial charge in [-0.2, -0.15) is 0 Å². The highest BCUT2D eigenvalue weighted by atomic mass is 16.5. The predicted octanol–water partition coefficient (Wildman–Crippen LogP) is 3.70. The van der Waals surface area contributed by atoms with Gasteiger partial charge in [0.25, 0.3) is 0 Å². The second-order valence-corrected chi connectivity index (χ2v) is 4.85. The molecule has 0 bridgehead atoms. The summed E-state index contributed by atoms with van der Waals surface area (Å²) in [5.74, 6) is 0.901. The molecule has 0 unspecified atom stereocenters. The molecule has 0 aromatic heterocycles. The third-order valence-electron chi connectivity index (χ3n) is 3.50. The molecule has 2 aromatic rings. The number of hydrogen-bond donors (Lipinski definition) is 1. The van der Waals surface area contributed by atoms with Crippen molar-refractivity contribution >= 4 is 0 Å². The van der Waals surface area contributed by atoms with Crippen LogP contribution in [-0.4, -0.2) is 14.2 Å². The highest BCUT2D eigenvalue weighted by Crippen LogP contribution is 2.28. The molecule has 0 aliphatic heterocycles. The lowest BCUT2D eigenvalue weighted by Crippen LogP contribution is -2.06. The maximum Gasteiger partial charge on any atom is 0.119 e. The van der Waals surface area contributed by atoms with Crippen molar-refractivity contribution < 1.29 is 4.74 Å². The van der Waals surface area contributed by atoms with E-state index in [0.29, 0.717) is 0 Å². The van der Waals surface area contributed by atoms with Crippen molar-refractivity contribution in [2.45, 2.75) is 20.4 Å². The quantitative estimate of drug-likeness (QED) is 0.899. The van der Waals surface area contributed by atoms with Crippen LogP contribution in [0, 0.1) is 13.8 Å². The number of aryl methyl sites for hydroxylation is 2. The number of ether oxygens (including phenoxy) is 1. The standard InChI is InChI=1S/C17H21NO/c1-12-5-6-14(9-13(12)2)17-8-7-16(19-4)10-15(17)11-18-3/h5-10,18H,11H2,1-4H3.